The highest BCUT2D eigenvalue weighted by atomic mass is 32.1. The van der Waals surface area contributed by atoms with Gasteiger partial charge in [0.1, 0.15) is 16.6 Å². The molecular formula is C16H16N4OS. The normalized spacial score (nSPS) is 26.8. The van der Waals surface area contributed by atoms with Crippen molar-refractivity contribution in [2.75, 3.05) is 19.6 Å². The van der Waals surface area contributed by atoms with E-state index in [0.717, 1.165) is 29.7 Å². The monoisotopic (exact) mass is 312 g/mol. The molecule has 6 heteroatoms. The Kier molecular flexibility index (Phi) is 3.32. The Balaban J connectivity index is 1.54. The first kappa shape index (κ1) is 13.7. The van der Waals surface area contributed by atoms with Gasteiger partial charge in [-0.1, -0.05) is 0 Å². The standard InChI is InChI=1S/C16H16N4OS/c17-7-12-5-11-8-18-13(6-15(11)22-12)16(21)19-14-9-20-3-1-10(14)2-4-20/h5-6,8,10,14H,1-4,9H2,(H,19,21)/t14-/m0/s1. The number of nitriles is 1. The van der Waals surface area contributed by atoms with Gasteiger partial charge in [-0.3, -0.25) is 9.78 Å². The summed E-state index contributed by atoms with van der Waals surface area (Å²) in [6, 6.07) is 5.97. The Morgan fingerprint density at radius 3 is 2.91 bits per heavy atom. The van der Waals surface area contributed by atoms with Crippen LogP contribution in [-0.2, 0) is 0 Å². The highest BCUT2D eigenvalue weighted by molar-refractivity contribution is 7.19. The number of carbonyl (C=O) groups is 1. The molecule has 0 saturated carbocycles. The van der Waals surface area contributed by atoms with Crippen molar-refractivity contribution in [2.24, 2.45) is 5.92 Å². The van der Waals surface area contributed by atoms with Gasteiger partial charge in [-0.25, -0.2) is 0 Å². The maximum absolute atomic E-state index is 12.5. The van der Waals surface area contributed by atoms with E-state index >= 15 is 0 Å². The number of piperidine rings is 3. The summed E-state index contributed by atoms with van der Waals surface area (Å²) in [5.41, 5.74) is 0.440. The average molecular weight is 312 g/mol. The summed E-state index contributed by atoms with van der Waals surface area (Å²) in [6.07, 6.45) is 4.03. The molecule has 1 amide bonds. The van der Waals surface area contributed by atoms with Gasteiger partial charge < -0.3 is 10.2 Å². The van der Waals surface area contributed by atoms with Crippen molar-refractivity contribution in [3.63, 3.8) is 0 Å². The summed E-state index contributed by atoms with van der Waals surface area (Å²) in [4.78, 5) is 19.8. The first-order valence-electron chi connectivity index (χ1n) is 7.56. The van der Waals surface area contributed by atoms with Crippen LogP contribution in [0.3, 0.4) is 0 Å². The molecule has 0 aromatic carbocycles. The minimum Gasteiger partial charge on any atom is -0.346 e. The minimum absolute atomic E-state index is 0.104. The van der Waals surface area contributed by atoms with E-state index in [1.165, 1.54) is 24.2 Å². The fourth-order valence-corrected chi connectivity index (χ4v) is 4.35. The van der Waals surface area contributed by atoms with Crippen LogP contribution < -0.4 is 5.32 Å². The predicted octanol–water partition coefficient (Wildman–Crippen LogP) is 1.99. The smallest absolute Gasteiger partial charge is 0.270 e. The molecule has 1 atom stereocenters. The molecule has 2 bridgehead atoms. The molecule has 2 aromatic heterocycles. The Labute approximate surface area is 132 Å². The Hall–Kier alpha value is -1.97. The maximum atomic E-state index is 12.5. The van der Waals surface area contributed by atoms with Crippen LogP contribution in [0.2, 0.25) is 0 Å². The van der Waals surface area contributed by atoms with Gasteiger partial charge in [0.15, 0.2) is 0 Å². The molecule has 2 aromatic rings. The molecule has 5 nitrogen and oxygen atoms in total. The summed E-state index contributed by atoms with van der Waals surface area (Å²) >= 11 is 1.40. The highest BCUT2D eigenvalue weighted by Crippen LogP contribution is 2.28. The van der Waals surface area contributed by atoms with Crippen molar-refractivity contribution in [1.82, 2.24) is 15.2 Å². The van der Waals surface area contributed by atoms with Crippen LogP contribution in [0.5, 0.6) is 0 Å². The van der Waals surface area contributed by atoms with E-state index in [0.29, 0.717) is 16.5 Å². The molecule has 3 fully saturated rings. The van der Waals surface area contributed by atoms with E-state index in [9.17, 15) is 4.79 Å². The zero-order valence-corrected chi connectivity index (χ0v) is 12.9. The lowest BCUT2D eigenvalue weighted by Gasteiger charge is -2.44. The second-order valence-corrected chi connectivity index (χ2v) is 7.13. The van der Waals surface area contributed by atoms with Gasteiger partial charge >= 0.3 is 0 Å². The molecule has 3 saturated heterocycles. The zero-order chi connectivity index (χ0) is 15.1. The van der Waals surface area contributed by atoms with Crippen molar-refractivity contribution in [3.8, 4) is 6.07 Å². The van der Waals surface area contributed by atoms with Crippen LogP contribution in [-0.4, -0.2) is 41.5 Å². The predicted molar refractivity (Wildman–Crippen MR) is 84.8 cm³/mol. The number of aromatic nitrogens is 1. The average Bonchev–Trinajstić information content (AvgIpc) is 2.98. The molecule has 3 aliphatic rings. The van der Waals surface area contributed by atoms with Crippen LogP contribution in [0.25, 0.3) is 10.1 Å². The molecule has 1 N–H and O–H groups in total. The number of carbonyl (C=O) groups excluding carboxylic acids is 1. The third-order valence-corrected chi connectivity index (χ3v) is 5.72. The van der Waals surface area contributed by atoms with E-state index in [1.807, 2.05) is 6.07 Å². The molecule has 0 unspecified atom stereocenters. The molecule has 5 rings (SSSR count). The number of nitrogens with zero attached hydrogens (tertiary/aromatic N) is 3. The summed E-state index contributed by atoms with van der Waals surface area (Å²) in [5, 5.41) is 13.0. The van der Waals surface area contributed by atoms with Gasteiger partial charge in [0.25, 0.3) is 5.91 Å². The fourth-order valence-electron chi connectivity index (χ4n) is 3.48. The lowest BCUT2D eigenvalue weighted by atomic mass is 9.84. The number of fused-ring (bicyclic) bond motifs is 4. The molecule has 112 valence electrons. The van der Waals surface area contributed by atoms with Crippen LogP contribution >= 0.6 is 11.3 Å². The van der Waals surface area contributed by atoms with Crippen molar-refractivity contribution >= 4 is 27.3 Å². The second-order valence-electron chi connectivity index (χ2n) is 6.05. The third kappa shape index (κ3) is 2.36. The van der Waals surface area contributed by atoms with Crippen LogP contribution in [0, 0.1) is 17.2 Å². The van der Waals surface area contributed by atoms with Gasteiger partial charge in [0.05, 0.1) is 0 Å². The van der Waals surface area contributed by atoms with Gasteiger partial charge in [-0.05, 0) is 44.0 Å². The van der Waals surface area contributed by atoms with Crippen molar-refractivity contribution in [3.05, 3.63) is 28.9 Å². The number of thiophene rings is 1. The Morgan fingerprint density at radius 2 is 2.23 bits per heavy atom. The minimum atomic E-state index is -0.104. The Bertz CT molecular complexity index is 770. The summed E-state index contributed by atoms with van der Waals surface area (Å²) in [5.74, 6) is 0.497. The van der Waals surface area contributed by atoms with Crippen LogP contribution in [0.4, 0.5) is 0 Å². The van der Waals surface area contributed by atoms with Crippen molar-refractivity contribution in [2.45, 2.75) is 18.9 Å². The first-order valence-corrected chi connectivity index (χ1v) is 8.37. The molecule has 0 spiro atoms. The number of hydrogen-bond donors (Lipinski definition) is 1. The van der Waals surface area contributed by atoms with Crippen molar-refractivity contribution in [1.29, 1.82) is 5.26 Å². The van der Waals surface area contributed by atoms with E-state index in [-0.39, 0.29) is 11.9 Å². The molecule has 0 aliphatic carbocycles. The number of nitrogens with one attached hydrogen (secondary N) is 1. The second kappa shape index (κ2) is 5.34. The summed E-state index contributed by atoms with van der Waals surface area (Å²) < 4.78 is 0.936. The van der Waals surface area contributed by atoms with E-state index in [4.69, 9.17) is 5.26 Å². The summed E-state index contributed by atoms with van der Waals surface area (Å²) in [7, 11) is 0. The van der Waals surface area contributed by atoms with Gasteiger partial charge in [0, 0.05) is 28.9 Å². The highest BCUT2D eigenvalue weighted by Gasteiger charge is 2.35. The maximum Gasteiger partial charge on any atom is 0.270 e. The molecular weight excluding hydrogens is 296 g/mol. The quantitative estimate of drug-likeness (QED) is 0.921. The lowest BCUT2D eigenvalue weighted by Crippen LogP contribution is -2.57. The number of hydrogen-bond acceptors (Lipinski definition) is 5. The first-order chi connectivity index (χ1) is 10.7. The third-order valence-electron chi connectivity index (χ3n) is 4.72. The fraction of sp³-hybridized carbons (Fsp3) is 0.438. The van der Waals surface area contributed by atoms with E-state index in [2.05, 4.69) is 21.3 Å². The van der Waals surface area contributed by atoms with Gasteiger partial charge in [0.2, 0.25) is 0 Å². The number of pyridine rings is 1. The van der Waals surface area contributed by atoms with Gasteiger partial charge in [-0.2, -0.15) is 5.26 Å². The molecule has 3 aliphatic heterocycles. The largest absolute Gasteiger partial charge is 0.346 e. The number of amides is 1. The SMILES string of the molecule is N#Cc1cc2cnc(C(=O)N[C@H]3CN4CCC3CC4)cc2s1. The topological polar surface area (TPSA) is 69.0 Å². The molecule has 5 heterocycles. The van der Waals surface area contributed by atoms with Crippen LogP contribution in [0.15, 0.2) is 18.3 Å². The van der Waals surface area contributed by atoms with E-state index in [1.54, 1.807) is 12.3 Å². The zero-order valence-electron chi connectivity index (χ0n) is 12.1. The van der Waals surface area contributed by atoms with E-state index < -0.39 is 0 Å². The molecule has 22 heavy (non-hydrogen) atoms. The van der Waals surface area contributed by atoms with Crippen molar-refractivity contribution < 1.29 is 4.79 Å². The number of rotatable bonds is 2. The van der Waals surface area contributed by atoms with Gasteiger partial charge in [-0.15, -0.1) is 11.3 Å². The molecule has 0 radical (unpaired) electrons. The lowest BCUT2D eigenvalue weighted by molar-refractivity contribution is 0.0618. The Morgan fingerprint density at radius 1 is 1.41 bits per heavy atom. The summed E-state index contributed by atoms with van der Waals surface area (Å²) in [6.45, 7) is 3.27. The van der Waals surface area contributed by atoms with Crippen LogP contribution in [0.1, 0.15) is 28.2 Å².